The second-order valence-electron chi connectivity index (χ2n) is 4.55. The van der Waals surface area contributed by atoms with Gasteiger partial charge in [-0.15, -0.1) is 0 Å². The molecule has 18 heavy (non-hydrogen) atoms. The molecule has 2 unspecified atom stereocenters. The van der Waals surface area contributed by atoms with E-state index in [0.29, 0.717) is 10.0 Å². The summed E-state index contributed by atoms with van der Waals surface area (Å²) < 4.78 is 13.7. The number of aliphatic hydroxyl groups excluding tert-OH is 2. The van der Waals surface area contributed by atoms with Crippen molar-refractivity contribution < 1.29 is 14.6 Å². The molecule has 2 atom stereocenters. The van der Waals surface area contributed by atoms with Crippen LogP contribution in [0.5, 0.6) is 0 Å². The van der Waals surface area contributed by atoms with Crippen molar-refractivity contribution in [3.63, 3.8) is 0 Å². The van der Waals surface area contributed by atoms with Gasteiger partial charge in [0.05, 0.1) is 16.7 Å². The molecule has 2 nitrogen and oxygen atoms in total. The van der Waals surface area contributed by atoms with Crippen molar-refractivity contribution in [3.05, 3.63) is 34.1 Å². The van der Waals surface area contributed by atoms with Crippen molar-refractivity contribution in [2.24, 2.45) is 5.92 Å². The fourth-order valence-corrected chi connectivity index (χ4v) is 2.56. The minimum absolute atomic E-state index is 0.0762. The highest BCUT2D eigenvalue weighted by molar-refractivity contribution is 9.10. The van der Waals surface area contributed by atoms with Crippen LogP contribution in [0.1, 0.15) is 32.3 Å². The molecular weight excluding hydrogens is 299 g/mol. The molecule has 0 fully saturated rings. The number of hydrogen-bond acceptors (Lipinski definition) is 2. The van der Waals surface area contributed by atoms with E-state index in [1.54, 1.807) is 12.1 Å². The lowest BCUT2D eigenvalue weighted by Gasteiger charge is -2.25. The molecule has 102 valence electrons. The van der Waals surface area contributed by atoms with Gasteiger partial charge >= 0.3 is 0 Å². The second-order valence-corrected chi connectivity index (χ2v) is 5.34. The van der Waals surface area contributed by atoms with E-state index in [4.69, 9.17) is 0 Å². The van der Waals surface area contributed by atoms with Crippen molar-refractivity contribution >= 4 is 15.9 Å². The summed E-state index contributed by atoms with van der Waals surface area (Å²) in [5.74, 6) is -0.274. The molecule has 0 radical (unpaired) electrons. The summed E-state index contributed by atoms with van der Waals surface area (Å²) >= 11 is 3.16. The van der Waals surface area contributed by atoms with Gasteiger partial charge in [0.15, 0.2) is 0 Å². The molecule has 0 bridgehead atoms. The quantitative estimate of drug-likeness (QED) is 0.845. The molecule has 0 aliphatic heterocycles. The molecular formula is C14H20BrFO2. The van der Waals surface area contributed by atoms with Crippen LogP contribution in [0.4, 0.5) is 4.39 Å². The SMILES string of the molecule is CCC(CC)C(O)C(O)Cc1cccc(F)c1Br. The molecule has 2 N–H and O–H groups in total. The Kier molecular flexibility index (Phi) is 6.26. The minimum atomic E-state index is -0.868. The number of aliphatic hydroxyl groups is 2. The third kappa shape index (κ3) is 3.77. The van der Waals surface area contributed by atoms with Crippen LogP contribution in [0.25, 0.3) is 0 Å². The Morgan fingerprint density at radius 2 is 1.83 bits per heavy atom. The molecule has 0 aromatic heterocycles. The van der Waals surface area contributed by atoms with Gasteiger partial charge in [0, 0.05) is 6.42 Å². The van der Waals surface area contributed by atoms with Crippen LogP contribution in [0.3, 0.4) is 0 Å². The third-order valence-corrected chi connectivity index (χ3v) is 4.27. The molecule has 1 aromatic rings. The first-order valence-corrected chi connectivity index (χ1v) is 7.09. The predicted octanol–water partition coefficient (Wildman–Crippen LogP) is 3.29. The van der Waals surface area contributed by atoms with E-state index < -0.39 is 12.2 Å². The van der Waals surface area contributed by atoms with E-state index in [2.05, 4.69) is 15.9 Å². The summed E-state index contributed by atoms with van der Waals surface area (Å²) in [5.41, 5.74) is 0.674. The van der Waals surface area contributed by atoms with E-state index in [-0.39, 0.29) is 18.2 Å². The molecule has 1 rings (SSSR count). The smallest absolute Gasteiger partial charge is 0.137 e. The maximum Gasteiger partial charge on any atom is 0.137 e. The lowest BCUT2D eigenvalue weighted by atomic mass is 9.90. The molecule has 0 aliphatic carbocycles. The van der Waals surface area contributed by atoms with E-state index in [1.807, 2.05) is 13.8 Å². The lowest BCUT2D eigenvalue weighted by molar-refractivity contribution is -0.0188. The average Bonchev–Trinajstić information content (AvgIpc) is 2.36. The predicted molar refractivity (Wildman–Crippen MR) is 73.9 cm³/mol. The number of benzene rings is 1. The monoisotopic (exact) mass is 318 g/mol. The minimum Gasteiger partial charge on any atom is -0.390 e. The van der Waals surface area contributed by atoms with Crippen molar-refractivity contribution in [3.8, 4) is 0 Å². The van der Waals surface area contributed by atoms with E-state index in [0.717, 1.165) is 12.8 Å². The summed E-state index contributed by atoms with van der Waals surface area (Å²) in [7, 11) is 0. The molecule has 0 heterocycles. The van der Waals surface area contributed by atoms with Crippen LogP contribution >= 0.6 is 15.9 Å². The van der Waals surface area contributed by atoms with Gasteiger partial charge in [0.1, 0.15) is 5.82 Å². The van der Waals surface area contributed by atoms with Crippen LogP contribution in [-0.2, 0) is 6.42 Å². The van der Waals surface area contributed by atoms with Crippen LogP contribution in [0.2, 0.25) is 0 Å². The molecule has 0 aliphatic rings. The van der Waals surface area contributed by atoms with Crippen LogP contribution < -0.4 is 0 Å². The molecule has 0 spiro atoms. The maximum atomic E-state index is 13.3. The Morgan fingerprint density at radius 3 is 2.39 bits per heavy atom. The number of hydrogen-bond donors (Lipinski definition) is 2. The standard InChI is InChI=1S/C14H20BrFO2/c1-3-9(4-2)14(18)12(17)8-10-6-5-7-11(16)13(10)15/h5-7,9,12,14,17-18H,3-4,8H2,1-2H3. The van der Waals surface area contributed by atoms with Gasteiger partial charge in [-0.2, -0.15) is 0 Å². The fourth-order valence-electron chi connectivity index (χ4n) is 2.14. The highest BCUT2D eigenvalue weighted by Gasteiger charge is 2.24. The Balaban J connectivity index is 2.75. The van der Waals surface area contributed by atoms with Gasteiger partial charge < -0.3 is 10.2 Å². The maximum absolute atomic E-state index is 13.3. The summed E-state index contributed by atoms with van der Waals surface area (Å²) in [6.45, 7) is 3.98. The summed E-state index contributed by atoms with van der Waals surface area (Å²) in [6.07, 6.45) is 0.247. The third-order valence-electron chi connectivity index (χ3n) is 3.39. The zero-order valence-corrected chi connectivity index (χ0v) is 12.3. The van der Waals surface area contributed by atoms with E-state index in [1.165, 1.54) is 6.07 Å². The molecule has 0 saturated heterocycles. The summed E-state index contributed by atoms with van der Waals surface area (Å²) in [4.78, 5) is 0. The lowest BCUT2D eigenvalue weighted by Crippen LogP contribution is -2.34. The zero-order valence-electron chi connectivity index (χ0n) is 10.7. The fraction of sp³-hybridized carbons (Fsp3) is 0.571. The molecule has 0 amide bonds. The normalized spacial score (nSPS) is 14.8. The van der Waals surface area contributed by atoms with Gasteiger partial charge in [0.25, 0.3) is 0 Å². The molecule has 4 heteroatoms. The van der Waals surface area contributed by atoms with Crippen molar-refractivity contribution in [1.82, 2.24) is 0 Å². The van der Waals surface area contributed by atoms with E-state index in [9.17, 15) is 14.6 Å². The van der Waals surface area contributed by atoms with Crippen molar-refractivity contribution in [1.29, 1.82) is 0 Å². The topological polar surface area (TPSA) is 40.5 Å². The second kappa shape index (κ2) is 7.22. The Hall–Kier alpha value is -0.450. The molecule has 1 aromatic carbocycles. The van der Waals surface area contributed by atoms with Gasteiger partial charge in [-0.05, 0) is 33.5 Å². The largest absolute Gasteiger partial charge is 0.390 e. The zero-order chi connectivity index (χ0) is 13.7. The average molecular weight is 319 g/mol. The summed E-state index contributed by atoms with van der Waals surface area (Å²) in [6, 6.07) is 4.71. The summed E-state index contributed by atoms with van der Waals surface area (Å²) in [5, 5.41) is 20.1. The Bertz CT molecular complexity index is 380. The molecule has 0 saturated carbocycles. The van der Waals surface area contributed by atoms with Crippen LogP contribution in [0.15, 0.2) is 22.7 Å². The van der Waals surface area contributed by atoms with E-state index >= 15 is 0 Å². The number of halogens is 2. The van der Waals surface area contributed by atoms with Crippen LogP contribution in [0, 0.1) is 11.7 Å². The first-order valence-electron chi connectivity index (χ1n) is 6.30. The van der Waals surface area contributed by atoms with Crippen molar-refractivity contribution in [2.45, 2.75) is 45.3 Å². The highest BCUT2D eigenvalue weighted by Crippen LogP contribution is 2.24. The van der Waals surface area contributed by atoms with Crippen LogP contribution in [-0.4, -0.2) is 22.4 Å². The van der Waals surface area contributed by atoms with Crippen molar-refractivity contribution in [2.75, 3.05) is 0 Å². The Morgan fingerprint density at radius 1 is 1.22 bits per heavy atom. The Labute approximate surface area is 116 Å². The van der Waals surface area contributed by atoms with Gasteiger partial charge in [-0.1, -0.05) is 38.8 Å². The first-order chi connectivity index (χ1) is 8.51. The van der Waals surface area contributed by atoms with Gasteiger partial charge in [-0.25, -0.2) is 4.39 Å². The number of rotatable bonds is 6. The highest BCUT2D eigenvalue weighted by atomic mass is 79.9. The van der Waals surface area contributed by atoms with Gasteiger partial charge in [-0.3, -0.25) is 0 Å². The first kappa shape index (κ1) is 15.6. The van der Waals surface area contributed by atoms with Gasteiger partial charge in [0.2, 0.25) is 0 Å².